The number of nitrogens with zero attached hydrogens (tertiary/aromatic N) is 1. The lowest BCUT2D eigenvalue weighted by Gasteiger charge is -2.04. The van der Waals surface area contributed by atoms with Crippen molar-refractivity contribution >= 4 is 21.8 Å². The Hall–Kier alpha value is -1.14. The first kappa shape index (κ1) is 10.9. The van der Waals surface area contributed by atoms with Gasteiger partial charge in [-0.1, -0.05) is 0 Å². The molecule has 0 saturated heterocycles. The molecule has 6 heteroatoms. The molecule has 0 aliphatic heterocycles. The van der Waals surface area contributed by atoms with Crippen LogP contribution in [0.25, 0.3) is 0 Å². The summed E-state index contributed by atoms with van der Waals surface area (Å²) in [6.07, 6.45) is 1.82. The summed E-state index contributed by atoms with van der Waals surface area (Å²) in [4.78, 5) is 22.1. The number of nitrogens with one attached hydrogen (secondary N) is 1. The highest BCUT2D eigenvalue weighted by atomic mass is 79.9. The van der Waals surface area contributed by atoms with Crippen LogP contribution >= 0.6 is 15.9 Å². The molecule has 0 saturated carbocycles. The summed E-state index contributed by atoms with van der Waals surface area (Å²) < 4.78 is 2.24. The van der Waals surface area contributed by atoms with Crippen LogP contribution in [0.1, 0.15) is 6.42 Å². The Morgan fingerprint density at radius 3 is 2.93 bits per heavy atom. The van der Waals surface area contributed by atoms with Crippen LogP contribution in [-0.2, 0) is 11.3 Å². The second kappa shape index (κ2) is 4.92. The molecular formula is C8H10BrN3O2. The molecular weight excluding hydrogens is 250 g/mol. The molecule has 0 radical (unpaired) electrons. The summed E-state index contributed by atoms with van der Waals surface area (Å²) in [5.74, 6) is 4.61. The SMILES string of the molecule is NNC(=O)CCn1cc(Br)ccc1=O. The number of halogens is 1. The molecule has 0 spiro atoms. The molecule has 0 aliphatic carbocycles. The highest BCUT2D eigenvalue weighted by Gasteiger charge is 2.01. The lowest BCUT2D eigenvalue weighted by atomic mass is 10.4. The molecule has 0 fully saturated rings. The molecule has 14 heavy (non-hydrogen) atoms. The van der Waals surface area contributed by atoms with Gasteiger partial charge in [-0.25, -0.2) is 5.84 Å². The monoisotopic (exact) mass is 259 g/mol. The third kappa shape index (κ3) is 2.97. The smallest absolute Gasteiger partial charge is 0.250 e. The van der Waals surface area contributed by atoms with Crippen molar-refractivity contribution in [2.75, 3.05) is 0 Å². The van der Waals surface area contributed by atoms with Crippen LogP contribution < -0.4 is 16.8 Å². The fraction of sp³-hybridized carbons (Fsp3) is 0.250. The van der Waals surface area contributed by atoms with E-state index in [-0.39, 0.29) is 17.9 Å². The molecule has 0 aromatic carbocycles. The van der Waals surface area contributed by atoms with Crippen molar-refractivity contribution in [1.29, 1.82) is 0 Å². The third-order valence-electron chi connectivity index (χ3n) is 1.69. The summed E-state index contributed by atoms with van der Waals surface area (Å²) in [5.41, 5.74) is 1.86. The topological polar surface area (TPSA) is 77.1 Å². The van der Waals surface area contributed by atoms with Crippen LogP contribution in [0.2, 0.25) is 0 Å². The van der Waals surface area contributed by atoms with E-state index in [1.54, 1.807) is 12.3 Å². The zero-order valence-electron chi connectivity index (χ0n) is 7.37. The number of amides is 1. The van der Waals surface area contributed by atoms with E-state index in [9.17, 15) is 9.59 Å². The molecule has 0 unspecified atom stereocenters. The summed E-state index contributed by atoms with van der Waals surface area (Å²) >= 11 is 3.24. The minimum absolute atomic E-state index is 0.141. The number of hydrazine groups is 1. The maximum atomic E-state index is 11.3. The van der Waals surface area contributed by atoms with Crippen molar-refractivity contribution in [3.63, 3.8) is 0 Å². The van der Waals surface area contributed by atoms with E-state index < -0.39 is 0 Å². The molecule has 1 heterocycles. The Kier molecular flexibility index (Phi) is 3.84. The highest BCUT2D eigenvalue weighted by molar-refractivity contribution is 9.10. The zero-order chi connectivity index (χ0) is 10.6. The van der Waals surface area contributed by atoms with Crippen LogP contribution in [0.15, 0.2) is 27.6 Å². The largest absolute Gasteiger partial charge is 0.314 e. The van der Waals surface area contributed by atoms with Gasteiger partial charge in [-0.2, -0.15) is 0 Å². The van der Waals surface area contributed by atoms with Crippen molar-refractivity contribution in [3.8, 4) is 0 Å². The molecule has 3 N–H and O–H groups in total. The minimum atomic E-state index is -0.295. The van der Waals surface area contributed by atoms with Gasteiger partial charge in [0, 0.05) is 29.7 Å². The Morgan fingerprint density at radius 1 is 1.57 bits per heavy atom. The summed E-state index contributed by atoms with van der Waals surface area (Å²) in [5, 5.41) is 0. The van der Waals surface area contributed by atoms with Crippen molar-refractivity contribution in [2.45, 2.75) is 13.0 Å². The lowest BCUT2D eigenvalue weighted by molar-refractivity contribution is -0.121. The standard InChI is InChI=1S/C8H10BrN3O2/c9-6-1-2-8(14)12(5-6)4-3-7(13)11-10/h1-2,5H,3-4,10H2,(H,11,13). The maximum Gasteiger partial charge on any atom is 0.250 e. The minimum Gasteiger partial charge on any atom is -0.314 e. The number of nitrogens with two attached hydrogens (primary N) is 1. The molecule has 1 aromatic rings. The van der Waals surface area contributed by atoms with E-state index >= 15 is 0 Å². The van der Waals surface area contributed by atoms with Gasteiger partial charge in [0.05, 0.1) is 0 Å². The van der Waals surface area contributed by atoms with Gasteiger partial charge in [0.1, 0.15) is 0 Å². The van der Waals surface area contributed by atoms with Crippen LogP contribution in [-0.4, -0.2) is 10.5 Å². The van der Waals surface area contributed by atoms with Crippen molar-refractivity contribution in [2.24, 2.45) is 5.84 Å². The number of carbonyl (C=O) groups is 1. The first-order valence-corrected chi connectivity index (χ1v) is 4.78. The Balaban J connectivity index is 2.71. The quantitative estimate of drug-likeness (QED) is 0.456. The normalized spacial score (nSPS) is 9.86. The average molecular weight is 260 g/mol. The second-order valence-electron chi connectivity index (χ2n) is 2.70. The van der Waals surface area contributed by atoms with Gasteiger partial charge in [-0.05, 0) is 22.0 Å². The van der Waals surface area contributed by atoms with Crippen molar-refractivity contribution in [3.05, 3.63) is 33.2 Å². The van der Waals surface area contributed by atoms with Gasteiger partial charge in [0.2, 0.25) is 5.91 Å². The van der Waals surface area contributed by atoms with E-state index in [1.807, 2.05) is 5.43 Å². The van der Waals surface area contributed by atoms with Gasteiger partial charge in [0.15, 0.2) is 0 Å². The first-order chi connectivity index (χ1) is 6.63. The molecule has 1 amide bonds. The zero-order valence-corrected chi connectivity index (χ0v) is 8.95. The predicted molar refractivity (Wildman–Crippen MR) is 55.3 cm³/mol. The average Bonchev–Trinajstić information content (AvgIpc) is 2.19. The van der Waals surface area contributed by atoms with E-state index in [0.29, 0.717) is 6.54 Å². The van der Waals surface area contributed by atoms with Crippen molar-refractivity contribution < 1.29 is 4.79 Å². The van der Waals surface area contributed by atoms with Gasteiger partial charge < -0.3 is 4.57 Å². The number of rotatable bonds is 3. The summed E-state index contributed by atoms with van der Waals surface area (Å²) in [7, 11) is 0. The van der Waals surface area contributed by atoms with E-state index in [4.69, 9.17) is 5.84 Å². The number of hydrogen-bond donors (Lipinski definition) is 2. The second-order valence-corrected chi connectivity index (χ2v) is 3.61. The number of pyridine rings is 1. The molecule has 0 atom stereocenters. The van der Waals surface area contributed by atoms with Gasteiger partial charge in [0.25, 0.3) is 5.56 Å². The molecule has 5 nitrogen and oxygen atoms in total. The first-order valence-electron chi connectivity index (χ1n) is 3.99. The van der Waals surface area contributed by atoms with Crippen LogP contribution in [0.5, 0.6) is 0 Å². The Bertz CT molecular complexity index is 388. The summed E-state index contributed by atoms with van der Waals surface area (Å²) in [6, 6.07) is 3.09. The lowest BCUT2D eigenvalue weighted by Crippen LogP contribution is -2.31. The molecule has 76 valence electrons. The molecule has 1 aromatic heterocycles. The number of hydrogen-bond acceptors (Lipinski definition) is 3. The maximum absolute atomic E-state index is 11.3. The van der Waals surface area contributed by atoms with E-state index in [1.165, 1.54) is 10.6 Å². The fourth-order valence-electron chi connectivity index (χ4n) is 0.971. The fourth-order valence-corrected chi connectivity index (χ4v) is 1.35. The summed E-state index contributed by atoms with van der Waals surface area (Å²) in [6.45, 7) is 0.321. The van der Waals surface area contributed by atoms with E-state index in [0.717, 1.165) is 4.47 Å². The molecule has 0 aliphatic rings. The third-order valence-corrected chi connectivity index (χ3v) is 2.16. The van der Waals surface area contributed by atoms with Crippen molar-refractivity contribution in [1.82, 2.24) is 9.99 Å². The van der Waals surface area contributed by atoms with Crippen LogP contribution in [0, 0.1) is 0 Å². The van der Waals surface area contributed by atoms with Gasteiger partial charge in [-0.15, -0.1) is 0 Å². The number of aromatic nitrogens is 1. The number of carbonyl (C=O) groups excluding carboxylic acids is 1. The molecule has 0 bridgehead atoms. The Labute approximate surface area is 89.0 Å². The predicted octanol–water partition coefficient (Wildman–Crippen LogP) is -0.00920. The van der Waals surface area contributed by atoms with Crippen LogP contribution in [0.4, 0.5) is 0 Å². The van der Waals surface area contributed by atoms with Gasteiger partial charge >= 0.3 is 0 Å². The van der Waals surface area contributed by atoms with Crippen LogP contribution in [0.3, 0.4) is 0 Å². The highest BCUT2D eigenvalue weighted by Crippen LogP contribution is 2.04. The Morgan fingerprint density at radius 2 is 2.29 bits per heavy atom. The molecule has 1 rings (SSSR count). The number of aryl methyl sites for hydroxylation is 1. The van der Waals surface area contributed by atoms with Gasteiger partial charge in [-0.3, -0.25) is 15.0 Å². The van der Waals surface area contributed by atoms with E-state index in [2.05, 4.69) is 15.9 Å².